The highest BCUT2D eigenvalue weighted by Crippen LogP contribution is 2.04. The van der Waals surface area contributed by atoms with Gasteiger partial charge in [-0.3, -0.25) is 9.59 Å². The highest BCUT2D eigenvalue weighted by molar-refractivity contribution is 5.90. The molecule has 7 heteroatoms. The Morgan fingerprint density at radius 2 is 2.00 bits per heavy atom. The van der Waals surface area contributed by atoms with Crippen molar-refractivity contribution in [2.45, 2.75) is 32.2 Å². The molecule has 0 aliphatic heterocycles. The Morgan fingerprint density at radius 3 is 2.41 bits per heavy atom. The first-order valence-electron chi connectivity index (χ1n) is 5.20. The van der Waals surface area contributed by atoms with E-state index in [-0.39, 0.29) is 13.2 Å². The van der Waals surface area contributed by atoms with Gasteiger partial charge in [-0.25, -0.2) is 0 Å². The zero-order chi connectivity index (χ0) is 13.3. The molecule has 0 aliphatic rings. The first-order valence-corrected chi connectivity index (χ1v) is 5.20. The minimum atomic E-state index is -1.26. The van der Waals surface area contributed by atoms with E-state index in [0.29, 0.717) is 6.42 Å². The van der Waals surface area contributed by atoms with Crippen molar-refractivity contribution in [3.05, 3.63) is 0 Å². The Bertz CT molecular complexity index is 237. The average Bonchev–Trinajstić information content (AvgIpc) is 2.28. The van der Waals surface area contributed by atoms with Gasteiger partial charge in [0.25, 0.3) is 0 Å². The number of esters is 1. The summed E-state index contributed by atoms with van der Waals surface area (Å²) in [5, 5.41) is 17.2. The molecule has 0 amide bonds. The summed E-state index contributed by atoms with van der Waals surface area (Å²) in [6.45, 7) is 1.45. The molecule has 0 aromatic carbocycles. The third-order valence-electron chi connectivity index (χ3n) is 1.94. The van der Waals surface area contributed by atoms with Crippen molar-refractivity contribution < 1.29 is 34.0 Å². The quantitative estimate of drug-likeness (QED) is 0.331. The van der Waals surface area contributed by atoms with Crippen LogP contribution in [0.15, 0.2) is 0 Å². The molecule has 0 spiro atoms. The Morgan fingerprint density at radius 1 is 1.35 bits per heavy atom. The lowest BCUT2D eigenvalue weighted by Gasteiger charge is -2.21. The first-order chi connectivity index (χ1) is 8.03. The normalized spacial score (nSPS) is 14.1. The molecule has 0 saturated carbocycles. The van der Waals surface area contributed by atoms with Crippen molar-refractivity contribution in [2.75, 3.05) is 20.3 Å². The number of carbonyl (C=O) groups excluding carboxylic acids is 1. The van der Waals surface area contributed by atoms with Crippen LogP contribution >= 0.6 is 0 Å². The molecule has 0 aliphatic carbocycles. The monoisotopic (exact) mass is 250 g/mol. The number of hydrogen-bond acceptors (Lipinski definition) is 6. The number of carboxylic acid groups (broad SMARTS) is 1. The van der Waals surface area contributed by atoms with Crippen molar-refractivity contribution >= 4 is 11.9 Å². The molecule has 0 bridgehead atoms. The number of rotatable bonds is 9. The molecule has 100 valence electrons. The highest BCUT2D eigenvalue weighted by atomic mass is 16.7. The van der Waals surface area contributed by atoms with E-state index in [9.17, 15) is 9.59 Å². The standard InChI is InChI=1S/C10H18O7/c1-3-7(5-11)17-10(15-2)6-16-9(14)4-8(12)13/h7,10-11H,3-6H2,1-2H3,(H,12,13). The number of methoxy groups -OCH3 is 1. The first kappa shape index (κ1) is 15.8. The van der Waals surface area contributed by atoms with Crippen LogP contribution in [0.4, 0.5) is 0 Å². The molecule has 2 atom stereocenters. The van der Waals surface area contributed by atoms with Crippen LogP contribution < -0.4 is 0 Å². The van der Waals surface area contributed by atoms with E-state index in [1.54, 1.807) is 0 Å². The lowest BCUT2D eigenvalue weighted by Crippen LogP contribution is -2.31. The van der Waals surface area contributed by atoms with Crippen LogP contribution in [0.2, 0.25) is 0 Å². The number of ether oxygens (including phenoxy) is 3. The number of carbonyl (C=O) groups is 2. The molecule has 7 nitrogen and oxygen atoms in total. The van der Waals surface area contributed by atoms with Gasteiger partial charge in [0.05, 0.1) is 12.7 Å². The fraction of sp³-hybridized carbons (Fsp3) is 0.800. The largest absolute Gasteiger partial charge is 0.481 e. The number of hydrogen-bond donors (Lipinski definition) is 2. The van der Waals surface area contributed by atoms with Crippen LogP contribution in [-0.4, -0.2) is 54.9 Å². The highest BCUT2D eigenvalue weighted by Gasteiger charge is 2.17. The molecule has 0 aromatic heterocycles. The Labute approximate surface area is 99.3 Å². The molecule has 0 aromatic rings. The second-order valence-corrected chi connectivity index (χ2v) is 3.27. The van der Waals surface area contributed by atoms with Crippen LogP contribution in [0.25, 0.3) is 0 Å². The summed E-state index contributed by atoms with van der Waals surface area (Å²) in [6.07, 6.45) is -1.34. The molecule has 0 rings (SSSR count). The van der Waals surface area contributed by atoms with Crippen molar-refractivity contribution in [1.82, 2.24) is 0 Å². The van der Waals surface area contributed by atoms with Crippen LogP contribution in [0.3, 0.4) is 0 Å². The third kappa shape index (κ3) is 7.67. The van der Waals surface area contributed by atoms with E-state index in [1.165, 1.54) is 7.11 Å². The third-order valence-corrected chi connectivity index (χ3v) is 1.94. The van der Waals surface area contributed by atoms with E-state index >= 15 is 0 Å². The summed E-state index contributed by atoms with van der Waals surface area (Å²) in [5.74, 6) is -2.12. The van der Waals surface area contributed by atoms with Gasteiger partial charge in [-0.05, 0) is 6.42 Å². The molecule has 2 unspecified atom stereocenters. The summed E-state index contributed by atoms with van der Waals surface area (Å²) >= 11 is 0. The molecular weight excluding hydrogens is 232 g/mol. The number of aliphatic hydroxyl groups excluding tert-OH is 1. The van der Waals surface area contributed by atoms with Gasteiger partial charge in [0.1, 0.15) is 13.0 Å². The maximum absolute atomic E-state index is 10.9. The topological polar surface area (TPSA) is 102 Å². The number of aliphatic hydroxyl groups is 1. The van der Waals surface area contributed by atoms with Gasteiger partial charge in [0.15, 0.2) is 6.29 Å². The van der Waals surface area contributed by atoms with E-state index < -0.39 is 30.8 Å². The van der Waals surface area contributed by atoms with Gasteiger partial charge in [-0.1, -0.05) is 6.92 Å². The average molecular weight is 250 g/mol. The van der Waals surface area contributed by atoms with E-state index in [0.717, 1.165) is 0 Å². The molecule has 17 heavy (non-hydrogen) atoms. The summed E-state index contributed by atoms with van der Waals surface area (Å²) in [7, 11) is 1.36. The van der Waals surface area contributed by atoms with Crippen molar-refractivity contribution in [3.63, 3.8) is 0 Å². The number of carboxylic acids is 1. The fourth-order valence-corrected chi connectivity index (χ4v) is 0.981. The maximum Gasteiger partial charge on any atom is 0.317 e. The van der Waals surface area contributed by atoms with Gasteiger partial charge in [-0.15, -0.1) is 0 Å². The van der Waals surface area contributed by atoms with Crippen LogP contribution in [0.1, 0.15) is 19.8 Å². The Kier molecular flexibility index (Phi) is 8.29. The van der Waals surface area contributed by atoms with Crippen LogP contribution in [-0.2, 0) is 23.8 Å². The van der Waals surface area contributed by atoms with E-state index in [2.05, 4.69) is 4.74 Å². The Hall–Kier alpha value is -1.18. The van der Waals surface area contributed by atoms with E-state index in [4.69, 9.17) is 19.7 Å². The van der Waals surface area contributed by atoms with Gasteiger partial charge in [-0.2, -0.15) is 0 Å². The predicted octanol–water partition coefficient (Wildman–Crippen LogP) is -0.236. The second kappa shape index (κ2) is 8.91. The van der Waals surface area contributed by atoms with E-state index in [1.807, 2.05) is 6.92 Å². The van der Waals surface area contributed by atoms with Crippen molar-refractivity contribution in [1.29, 1.82) is 0 Å². The van der Waals surface area contributed by atoms with Crippen molar-refractivity contribution in [2.24, 2.45) is 0 Å². The van der Waals surface area contributed by atoms with Crippen molar-refractivity contribution in [3.8, 4) is 0 Å². The Balaban J connectivity index is 3.96. The smallest absolute Gasteiger partial charge is 0.317 e. The zero-order valence-electron chi connectivity index (χ0n) is 9.92. The molecule has 2 N–H and O–H groups in total. The maximum atomic E-state index is 10.9. The summed E-state index contributed by atoms with van der Waals surface area (Å²) < 4.78 is 14.8. The summed E-state index contributed by atoms with van der Waals surface area (Å²) in [6, 6.07) is 0. The zero-order valence-corrected chi connectivity index (χ0v) is 9.92. The lowest BCUT2D eigenvalue weighted by atomic mass is 10.3. The van der Waals surface area contributed by atoms with Gasteiger partial charge < -0.3 is 24.4 Å². The molecule has 0 saturated heterocycles. The number of aliphatic carboxylic acids is 1. The lowest BCUT2D eigenvalue weighted by molar-refractivity contribution is -0.195. The van der Waals surface area contributed by atoms with Crippen LogP contribution in [0.5, 0.6) is 0 Å². The SMILES string of the molecule is CCC(CO)OC(COC(=O)CC(=O)O)OC. The van der Waals surface area contributed by atoms with Gasteiger partial charge >= 0.3 is 11.9 Å². The molecule has 0 fully saturated rings. The molecule has 0 heterocycles. The summed E-state index contributed by atoms with van der Waals surface area (Å²) in [5.41, 5.74) is 0. The summed E-state index contributed by atoms with van der Waals surface area (Å²) in [4.78, 5) is 21.1. The minimum absolute atomic E-state index is 0.167. The molecular formula is C10H18O7. The van der Waals surface area contributed by atoms with Gasteiger partial charge in [0.2, 0.25) is 0 Å². The second-order valence-electron chi connectivity index (χ2n) is 3.27. The van der Waals surface area contributed by atoms with Crippen LogP contribution in [0, 0.1) is 0 Å². The van der Waals surface area contributed by atoms with Gasteiger partial charge in [0, 0.05) is 7.11 Å². The minimum Gasteiger partial charge on any atom is -0.481 e. The predicted molar refractivity (Wildman–Crippen MR) is 56.3 cm³/mol. The molecule has 0 radical (unpaired) electrons. The fourth-order valence-electron chi connectivity index (χ4n) is 0.981.